The molecule has 1 N–H and O–H groups in total. The van der Waals surface area contributed by atoms with Gasteiger partial charge in [0.05, 0.1) is 12.5 Å². The van der Waals surface area contributed by atoms with Crippen molar-refractivity contribution in [3.63, 3.8) is 0 Å². The summed E-state index contributed by atoms with van der Waals surface area (Å²) in [5.41, 5.74) is 1.79. The fourth-order valence-electron chi connectivity index (χ4n) is 1.71. The second kappa shape index (κ2) is 4.80. The Hall–Kier alpha value is -1.82. The lowest BCUT2D eigenvalue weighted by atomic mass is 9.85. The summed E-state index contributed by atoms with van der Waals surface area (Å²) in [6.45, 7) is 0. The molecule has 0 unspecified atom stereocenters. The minimum atomic E-state index is 0.124. The van der Waals surface area contributed by atoms with Crippen LogP contribution in [0.2, 0.25) is 0 Å². The molecule has 1 amide bonds. The number of hydrogen-bond donors (Lipinski definition) is 1. The van der Waals surface area contributed by atoms with Crippen LogP contribution >= 0.6 is 0 Å². The molecule has 1 fully saturated rings. The van der Waals surface area contributed by atoms with Gasteiger partial charge in [-0.1, -0.05) is 18.6 Å². The Morgan fingerprint density at radius 3 is 2.56 bits per heavy atom. The Bertz CT molecular complexity index is 413. The van der Waals surface area contributed by atoms with Crippen LogP contribution in [0.5, 0.6) is 0 Å². The topological polar surface area (TPSA) is 52.9 Å². The summed E-state index contributed by atoms with van der Waals surface area (Å²) in [5.74, 6) is 0.332. The van der Waals surface area contributed by atoms with E-state index in [-0.39, 0.29) is 11.8 Å². The third-order valence-corrected chi connectivity index (χ3v) is 2.98. The number of carbonyl (C=O) groups is 1. The predicted molar refractivity (Wildman–Crippen MR) is 61.7 cm³/mol. The maximum absolute atomic E-state index is 11.6. The summed E-state index contributed by atoms with van der Waals surface area (Å²) in [6.07, 6.45) is 3.60. The van der Waals surface area contributed by atoms with Crippen LogP contribution in [-0.4, -0.2) is 5.91 Å². The Morgan fingerprint density at radius 1 is 1.38 bits per heavy atom. The van der Waals surface area contributed by atoms with Crippen molar-refractivity contribution >= 4 is 11.6 Å². The standard InChI is InChI=1S/C13H14N2O/c14-9-8-10-4-6-12(7-5-10)15-13(16)11-2-1-3-11/h4-7,11H,1-3,8H2,(H,15,16). The number of nitriles is 1. The molecule has 1 aromatic carbocycles. The molecule has 82 valence electrons. The van der Waals surface area contributed by atoms with Crippen LogP contribution in [0.4, 0.5) is 5.69 Å². The summed E-state index contributed by atoms with van der Waals surface area (Å²) < 4.78 is 0. The lowest BCUT2D eigenvalue weighted by molar-refractivity contribution is -0.122. The molecule has 1 aromatic rings. The van der Waals surface area contributed by atoms with E-state index in [4.69, 9.17) is 5.26 Å². The smallest absolute Gasteiger partial charge is 0.227 e. The monoisotopic (exact) mass is 214 g/mol. The zero-order chi connectivity index (χ0) is 11.4. The first-order chi connectivity index (χ1) is 7.79. The summed E-state index contributed by atoms with van der Waals surface area (Å²) in [5, 5.41) is 11.4. The number of nitrogens with one attached hydrogen (secondary N) is 1. The van der Waals surface area contributed by atoms with Gasteiger partial charge in [-0.15, -0.1) is 0 Å². The van der Waals surface area contributed by atoms with E-state index in [9.17, 15) is 4.79 Å². The molecule has 0 saturated heterocycles. The van der Waals surface area contributed by atoms with Gasteiger partial charge in [-0.2, -0.15) is 5.26 Å². The first-order valence-corrected chi connectivity index (χ1v) is 5.56. The number of benzene rings is 1. The van der Waals surface area contributed by atoms with E-state index >= 15 is 0 Å². The van der Waals surface area contributed by atoms with Crippen LogP contribution in [-0.2, 0) is 11.2 Å². The highest BCUT2D eigenvalue weighted by Crippen LogP contribution is 2.27. The molecule has 3 heteroatoms. The molecule has 1 aliphatic rings. The molecule has 1 aliphatic carbocycles. The molecule has 0 bridgehead atoms. The van der Waals surface area contributed by atoms with Gasteiger partial charge in [0.2, 0.25) is 5.91 Å². The summed E-state index contributed by atoms with van der Waals surface area (Å²) in [7, 11) is 0. The summed E-state index contributed by atoms with van der Waals surface area (Å²) >= 11 is 0. The van der Waals surface area contributed by atoms with Crippen LogP contribution in [0.1, 0.15) is 24.8 Å². The second-order valence-electron chi connectivity index (χ2n) is 4.15. The fraction of sp³-hybridized carbons (Fsp3) is 0.385. The first-order valence-electron chi connectivity index (χ1n) is 5.56. The maximum atomic E-state index is 11.6. The van der Waals surface area contributed by atoms with Crippen molar-refractivity contribution in [1.82, 2.24) is 0 Å². The van der Waals surface area contributed by atoms with Gasteiger partial charge in [-0.05, 0) is 30.5 Å². The van der Waals surface area contributed by atoms with Crippen molar-refractivity contribution in [3.05, 3.63) is 29.8 Å². The van der Waals surface area contributed by atoms with E-state index in [0.717, 1.165) is 24.1 Å². The van der Waals surface area contributed by atoms with Crippen molar-refractivity contribution in [2.45, 2.75) is 25.7 Å². The molecular weight excluding hydrogens is 200 g/mol. The summed E-state index contributed by atoms with van der Waals surface area (Å²) in [4.78, 5) is 11.6. The molecule has 16 heavy (non-hydrogen) atoms. The number of anilines is 1. The van der Waals surface area contributed by atoms with E-state index in [0.29, 0.717) is 6.42 Å². The first kappa shape index (κ1) is 10.7. The lowest BCUT2D eigenvalue weighted by Gasteiger charge is -2.24. The number of amides is 1. The van der Waals surface area contributed by atoms with Gasteiger partial charge in [0.1, 0.15) is 0 Å². The SMILES string of the molecule is N#CCc1ccc(NC(=O)C2CCC2)cc1. The quantitative estimate of drug-likeness (QED) is 0.840. The van der Waals surface area contributed by atoms with Crippen LogP contribution in [0.3, 0.4) is 0 Å². The lowest BCUT2D eigenvalue weighted by Crippen LogP contribution is -2.27. The van der Waals surface area contributed by atoms with E-state index in [1.54, 1.807) is 0 Å². The molecule has 3 nitrogen and oxygen atoms in total. The molecule has 0 radical (unpaired) electrons. The van der Waals surface area contributed by atoms with Crippen LogP contribution in [0.15, 0.2) is 24.3 Å². The average Bonchev–Trinajstić information content (AvgIpc) is 2.18. The number of hydrogen-bond acceptors (Lipinski definition) is 2. The summed E-state index contributed by atoms with van der Waals surface area (Å²) in [6, 6.07) is 9.54. The third kappa shape index (κ3) is 2.40. The number of rotatable bonds is 3. The van der Waals surface area contributed by atoms with Crippen molar-refractivity contribution < 1.29 is 4.79 Å². The molecular formula is C13H14N2O. The van der Waals surface area contributed by atoms with Crippen LogP contribution in [0, 0.1) is 17.2 Å². The van der Waals surface area contributed by atoms with E-state index in [1.807, 2.05) is 24.3 Å². The van der Waals surface area contributed by atoms with Gasteiger partial charge >= 0.3 is 0 Å². The average molecular weight is 214 g/mol. The molecule has 0 heterocycles. The fourth-order valence-corrected chi connectivity index (χ4v) is 1.71. The van der Waals surface area contributed by atoms with Gasteiger partial charge in [-0.25, -0.2) is 0 Å². The van der Waals surface area contributed by atoms with E-state index < -0.39 is 0 Å². The Balaban J connectivity index is 1.94. The van der Waals surface area contributed by atoms with Crippen molar-refractivity contribution in [1.29, 1.82) is 5.26 Å². The van der Waals surface area contributed by atoms with Crippen molar-refractivity contribution in [2.75, 3.05) is 5.32 Å². The van der Waals surface area contributed by atoms with Crippen LogP contribution in [0.25, 0.3) is 0 Å². The van der Waals surface area contributed by atoms with Gasteiger partial charge < -0.3 is 5.32 Å². The highest BCUT2D eigenvalue weighted by Gasteiger charge is 2.24. The Morgan fingerprint density at radius 2 is 2.06 bits per heavy atom. The molecule has 0 atom stereocenters. The minimum Gasteiger partial charge on any atom is -0.326 e. The molecule has 0 aliphatic heterocycles. The zero-order valence-electron chi connectivity index (χ0n) is 9.07. The van der Waals surface area contributed by atoms with Crippen molar-refractivity contribution in [3.8, 4) is 6.07 Å². The number of nitrogens with zero attached hydrogens (tertiary/aromatic N) is 1. The normalized spacial score (nSPS) is 14.9. The van der Waals surface area contributed by atoms with Crippen LogP contribution < -0.4 is 5.32 Å². The van der Waals surface area contributed by atoms with Gasteiger partial charge in [0, 0.05) is 11.6 Å². The molecule has 2 rings (SSSR count). The molecule has 1 saturated carbocycles. The predicted octanol–water partition coefficient (Wildman–Crippen LogP) is 2.49. The van der Waals surface area contributed by atoms with Gasteiger partial charge in [0.25, 0.3) is 0 Å². The highest BCUT2D eigenvalue weighted by molar-refractivity contribution is 5.92. The second-order valence-corrected chi connectivity index (χ2v) is 4.15. The van der Waals surface area contributed by atoms with Gasteiger partial charge in [0.15, 0.2) is 0 Å². The zero-order valence-corrected chi connectivity index (χ0v) is 9.07. The largest absolute Gasteiger partial charge is 0.326 e. The maximum Gasteiger partial charge on any atom is 0.227 e. The Labute approximate surface area is 95.1 Å². The molecule has 0 spiro atoms. The number of carbonyl (C=O) groups excluding carboxylic acids is 1. The third-order valence-electron chi connectivity index (χ3n) is 2.98. The van der Waals surface area contributed by atoms with Gasteiger partial charge in [-0.3, -0.25) is 4.79 Å². The van der Waals surface area contributed by atoms with E-state index in [1.165, 1.54) is 6.42 Å². The Kier molecular flexibility index (Phi) is 3.21. The van der Waals surface area contributed by atoms with Crippen molar-refractivity contribution in [2.24, 2.45) is 5.92 Å². The molecule has 0 aromatic heterocycles. The minimum absolute atomic E-state index is 0.124. The van der Waals surface area contributed by atoms with E-state index in [2.05, 4.69) is 11.4 Å². The highest BCUT2D eigenvalue weighted by atomic mass is 16.1.